The molecular formula is C12H17N3O3S. The first-order chi connectivity index (χ1) is 9.20. The summed E-state index contributed by atoms with van der Waals surface area (Å²) in [5.74, 6) is 0.683. The Labute approximate surface area is 115 Å². The van der Waals surface area contributed by atoms with Crippen molar-refractivity contribution in [2.75, 3.05) is 25.1 Å². The highest BCUT2D eigenvalue weighted by Crippen LogP contribution is 2.39. The Morgan fingerprint density at radius 3 is 2.84 bits per heavy atom. The maximum Gasteiger partial charge on any atom is 0.311 e. The van der Waals surface area contributed by atoms with E-state index in [-0.39, 0.29) is 0 Å². The van der Waals surface area contributed by atoms with Crippen LogP contribution in [0.4, 0.5) is 5.13 Å². The Hall–Kier alpha value is -1.21. The van der Waals surface area contributed by atoms with Gasteiger partial charge in [0, 0.05) is 37.2 Å². The smallest absolute Gasteiger partial charge is 0.311 e. The average molecular weight is 283 g/mol. The van der Waals surface area contributed by atoms with Crippen LogP contribution in [0, 0.1) is 5.41 Å². The number of rotatable bonds is 5. The minimum absolute atomic E-state index is 0.394. The number of ether oxygens (including phenoxy) is 1. The predicted molar refractivity (Wildman–Crippen MR) is 70.5 cm³/mol. The van der Waals surface area contributed by atoms with Crippen LogP contribution in [-0.2, 0) is 9.53 Å². The Bertz CT molecular complexity index is 467. The van der Waals surface area contributed by atoms with E-state index >= 15 is 0 Å². The molecule has 2 heterocycles. The highest BCUT2D eigenvalue weighted by molar-refractivity contribution is 7.09. The van der Waals surface area contributed by atoms with E-state index in [9.17, 15) is 9.90 Å². The van der Waals surface area contributed by atoms with Crippen LogP contribution in [0.3, 0.4) is 0 Å². The third kappa shape index (κ3) is 2.71. The Morgan fingerprint density at radius 1 is 1.47 bits per heavy atom. The summed E-state index contributed by atoms with van der Waals surface area (Å²) >= 11 is 1.32. The van der Waals surface area contributed by atoms with Crippen molar-refractivity contribution >= 4 is 22.6 Å². The molecule has 6 nitrogen and oxygen atoms in total. The first-order valence-electron chi connectivity index (χ1n) is 6.58. The first-order valence-corrected chi connectivity index (χ1v) is 7.36. The van der Waals surface area contributed by atoms with Gasteiger partial charge in [-0.2, -0.15) is 4.37 Å². The molecule has 0 amide bonds. The maximum atomic E-state index is 11.5. The number of anilines is 1. The largest absolute Gasteiger partial charge is 0.481 e. The summed E-state index contributed by atoms with van der Waals surface area (Å²) in [6.07, 6.45) is 3.44. The van der Waals surface area contributed by atoms with Crippen molar-refractivity contribution in [3.05, 3.63) is 5.82 Å². The quantitative estimate of drug-likeness (QED) is 0.855. The van der Waals surface area contributed by atoms with Gasteiger partial charge >= 0.3 is 5.97 Å². The molecule has 0 spiro atoms. The molecule has 19 heavy (non-hydrogen) atoms. The summed E-state index contributed by atoms with van der Waals surface area (Å²) < 4.78 is 9.56. The number of hydrogen-bond donors (Lipinski definition) is 2. The van der Waals surface area contributed by atoms with Gasteiger partial charge in [0.25, 0.3) is 0 Å². The number of aromatic nitrogens is 2. The zero-order valence-corrected chi connectivity index (χ0v) is 11.4. The molecule has 1 aromatic heterocycles. The van der Waals surface area contributed by atoms with Gasteiger partial charge in [-0.25, -0.2) is 4.98 Å². The standard InChI is InChI=1S/C12H17N3O3S/c16-10(17)12(3-5-18-6-4-12)7-13-11-14-9(15-19-11)8-1-2-8/h8H,1-7H2,(H,16,17)(H,13,14,15). The van der Waals surface area contributed by atoms with E-state index in [0.717, 1.165) is 11.0 Å². The third-order valence-corrected chi connectivity index (χ3v) is 4.55. The summed E-state index contributed by atoms with van der Waals surface area (Å²) in [5, 5.41) is 13.3. The van der Waals surface area contributed by atoms with Crippen molar-refractivity contribution in [1.29, 1.82) is 0 Å². The number of carboxylic acids is 1. The van der Waals surface area contributed by atoms with Crippen molar-refractivity contribution in [3.8, 4) is 0 Å². The molecule has 3 rings (SSSR count). The second kappa shape index (κ2) is 5.05. The van der Waals surface area contributed by atoms with E-state index in [1.54, 1.807) is 0 Å². The highest BCUT2D eigenvalue weighted by atomic mass is 32.1. The highest BCUT2D eigenvalue weighted by Gasteiger charge is 2.40. The average Bonchev–Trinajstić information content (AvgIpc) is 3.17. The minimum atomic E-state index is -0.754. The molecule has 1 saturated heterocycles. The summed E-state index contributed by atoms with van der Waals surface area (Å²) in [4.78, 5) is 15.9. The normalized spacial score (nSPS) is 22.1. The lowest BCUT2D eigenvalue weighted by molar-refractivity contribution is -0.153. The molecule has 2 N–H and O–H groups in total. The number of carboxylic acid groups (broad SMARTS) is 1. The molecule has 0 radical (unpaired) electrons. The van der Waals surface area contributed by atoms with E-state index in [4.69, 9.17) is 4.74 Å². The van der Waals surface area contributed by atoms with E-state index in [1.807, 2.05) is 0 Å². The van der Waals surface area contributed by atoms with Crippen LogP contribution in [0.5, 0.6) is 0 Å². The lowest BCUT2D eigenvalue weighted by Crippen LogP contribution is -2.42. The lowest BCUT2D eigenvalue weighted by Gasteiger charge is -2.32. The SMILES string of the molecule is O=C(O)C1(CNc2nc(C3CC3)ns2)CCOCC1. The second-order valence-corrected chi connectivity index (χ2v) is 6.04. The van der Waals surface area contributed by atoms with E-state index in [0.29, 0.717) is 38.5 Å². The van der Waals surface area contributed by atoms with Crippen molar-refractivity contribution < 1.29 is 14.6 Å². The molecule has 104 valence electrons. The third-order valence-electron chi connectivity index (χ3n) is 3.87. The Kier molecular flexibility index (Phi) is 3.40. The molecule has 2 fully saturated rings. The van der Waals surface area contributed by atoms with Gasteiger partial charge in [-0.15, -0.1) is 0 Å². The van der Waals surface area contributed by atoms with Crippen molar-refractivity contribution in [2.24, 2.45) is 5.41 Å². The fourth-order valence-corrected chi connectivity index (χ4v) is 2.93. The van der Waals surface area contributed by atoms with Gasteiger partial charge in [0.2, 0.25) is 5.13 Å². The van der Waals surface area contributed by atoms with Gasteiger partial charge in [-0.05, 0) is 25.7 Å². The van der Waals surface area contributed by atoms with E-state index in [1.165, 1.54) is 24.4 Å². The van der Waals surface area contributed by atoms with Gasteiger partial charge in [0.1, 0.15) is 5.82 Å². The molecule has 1 aliphatic heterocycles. The predicted octanol–water partition coefficient (Wildman–Crippen LogP) is 1.71. The van der Waals surface area contributed by atoms with Gasteiger partial charge in [-0.1, -0.05) is 0 Å². The van der Waals surface area contributed by atoms with Crippen LogP contribution in [-0.4, -0.2) is 40.2 Å². The zero-order chi connectivity index (χ0) is 13.3. The van der Waals surface area contributed by atoms with Crippen molar-refractivity contribution in [3.63, 3.8) is 0 Å². The summed E-state index contributed by atoms with van der Waals surface area (Å²) in [6.45, 7) is 1.42. The lowest BCUT2D eigenvalue weighted by atomic mass is 9.80. The number of nitrogens with zero attached hydrogens (tertiary/aromatic N) is 2. The fourth-order valence-electron chi connectivity index (χ4n) is 2.29. The van der Waals surface area contributed by atoms with Crippen molar-refractivity contribution in [2.45, 2.75) is 31.6 Å². The molecular weight excluding hydrogens is 266 g/mol. The minimum Gasteiger partial charge on any atom is -0.481 e. The first kappa shape index (κ1) is 12.8. The maximum absolute atomic E-state index is 11.5. The monoisotopic (exact) mass is 283 g/mol. The van der Waals surface area contributed by atoms with Gasteiger partial charge in [0.05, 0.1) is 5.41 Å². The Balaban J connectivity index is 1.63. The molecule has 1 aromatic rings. The van der Waals surface area contributed by atoms with Crippen LogP contribution in [0.1, 0.15) is 37.4 Å². The van der Waals surface area contributed by atoms with Gasteiger partial charge < -0.3 is 15.2 Å². The van der Waals surface area contributed by atoms with Crippen LogP contribution in [0.25, 0.3) is 0 Å². The molecule has 1 saturated carbocycles. The van der Waals surface area contributed by atoms with Crippen LogP contribution in [0.15, 0.2) is 0 Å². The number of hydrogen-bond acceptors (Lipinski definition) is 6. The Morgan fingerprint density at radius 2 is 2.21 bits per heavy atom. The molecule has 0 atom stereocenters. The molecule has 7 heteroatoms. The van der Waals surface area contributed by atoms with Crippen LogP contribution >= 0.6 is 11.5 Å². The summed E-state index contributed by atoms with van der Waals surface area (Å²) in [7, 11) is 0. The number of nitrogens with one attached hydrogen (secondary N) is 1. The molecule has 1 aliphatic carbocycles. The molecule has 0 aromatic carbocycles. The second-order valence-electron chi connectivity index (χ2n) is 5.28. The summed E-state index contributed by atoms with van der Waals surface area (Å²) in [5.41, 5.74) is -0.732. The number of carbonyl (C=O) groups is 1. The van der Waals surface area contributed by atoms with Gasteiger partial charge in [-0.3, -0.25) is 4.79 Å². The van der Waals surface area contributed by atoms with Gasteiger partial charge in [0.15, 0.2) is 0 Å². The summed E-state index contributed by atoms with van der Waals surface area (Å²) in [6, 6.07) is 0. The van der Waals surface area contributed by atoms with E-state index in [2.05, 4.69) is 14.7 Å². The molecule has 0 bridgehead atoms. The fraction of sp³-hybridized carbons (Fsp3) is 0.750. The topological polar surface area (TPSA) is 84.3 Å². The van der Waals surface area contributed by atoms with Crippen LogP contribution < -0.4 is 5.32 Å². The van der Waals surface area contributed by atoms with Crippen LogP contribution in [0.2, 0.25) is 0 Å². The molecule has 2 aliphatic rings. The number of aliphatic carboxylic acids is 1. The van der Waals surface area contributed by atoms with E-state index < -0.39 is 11.4 Å². The van der Waals surface area contributed by atoms with Crippen molar-refractivity contribution in [1.82, 2.24) is 9.36 Å². The molecule has 0 unspecified atom stereocenters. The zero-order valence-electron chi connectivity index (χ0n) is 10.6.